The lowest BCUT2D eigenvalue weighted by atomic mass is 10.1. The summed E-state index contributed by atoms with van der Waals surface area (Å²) in [7, 11) is 3.58. The summed E-state index contributed by atoms with van der Waals surface area (Å²) in [5.41, 5.74) is 0. The third kappa shape index (κ3) is 8.16. The second-order valence-corrected chi connectivity index (χ2v) is 6.54. The van der Waals surface area contributed by atoms with E-state index >= 15 is 0 Å². The second-order valence-electron chi connectivity index (χ2n) is 6.54. The van der Waals surface area contributed by atoms with Crippen molar-refractivity contribution < 1.29 is 28.8 Å². The number of amides is 4. The van der Waals surface area contributed by atoms with E-state index in [4.69, 9.17) is 4.84 Å². The third-order valence-electron chi connectivity index (χ3n) is 4.03. The topological polar surface area (TPSA) is 125 Å². The molecule has 0 aromatic heterocycles. The molecule has 0 aliphatic carbocycles. The number of unbranched alkanes of at least 4 members (excludes halogenated alkanes) is 1. The van der Waals surface area contributed by atoms with Crippen LogP contribution < -0.4 is 10.6 Å². The van der Waals surface area contributed by atoms with E-state index in [0.717, 1.165) is 12.8 Å². The van der Waals surface area contributed by atoms with Gasteiger partial charge in [0.25, 0.3) is 11.8 Å². The second kappa shape index (κ2) is 11.3. The number of rotatable bonds is 11. The molecule has 27 heavy (non-hydrogen) atoms. The Bertz CT molecular complexity index is 562. The Morgan fingerprint density at radius 3 is 2.26 bits per heavy atom. The molecule has 10 nitrogen and oxygen atoms in total. The standard InChI is InChI=1S/C17H28N4O6/c1-12(22)18-10-5-4-6-13(20(2)3)17(26)19-11-9-16(25)27-21-14(23)7-8-15(21)24/h13H,4-11H2,1-3H3,(H,18,22)(H,19,26)/i2+1,3+1,11+1,19+1,20+1. The largest absolute Gasteiger partial charge is 0.356 e. The molecule has 1 rings (SSSR count). The summed E-state index contributed by atoms with van der Waals surface area (Å²) in [5, 5.41) is 5.85. The molecule has 1 aliphatic rings. The van der Waals surface area contributed by atoms with Crippen LogP contribution in [-0.2, 0) is 28.8 Å². The summed E-state index contributed by atoms with van der Waals surface area (Å²) >= 11 is 0. The fourth-order valence-corrected chi connectivity index (χ4v) is 2.56. The normalized spacial score (nSPS) is 15.0. The number of likely N-dealkylation sites (N-methyl/N-ethyl adjacent to an activating group) is 1. The van der Waals surface area contributed by atoms with E-state index in [9.17, 15) is 24.0 Å². The maximum Gasteiger partial charge on any atom is 0.334 e. The Morgan fingerprint density at radius 2 is 1.70 bits per heavy atom. The summed E-state index contributed by atoms with van der Waals surface area (Å²) in [6.45, 7) is 2.07. The quantitative estimate of drug-likeness (QED) is 0.208. The van der Waals surface area contributed by atoms with Crippen LogP contribution in [0.1, 0.15) is 45.4 Å². The minimum absolute atomic E-state index is 0.0370. The average Bonchev–Trinajstić information content (AvgIpc) is 2.89. The van der Waals surface area contributed by atoms with Crippen molar-refractivity contribution in [3.63, 3.8) is 0 Å². The van der Waals surface area contributed by atoms with Crippen LogP contribution in [-0.4, -0.2) is 72.8 Å². The molecule has 10 heteroatoms. The van der Waals surface area contributed by atoms with Crippen molar-refractivity contribution in [2.75, 3.05) is 27.2 Å². The molecule has 152 valence electrons. The summed E-state index contributed by atoms with van der Waals surface area (Å²) in [4.78, 5) is 64.1. The molecule has 0 saturated carbocycles. The highest BCUT2D eigenvalue weighted by Gasteiger charge is 2.32. The Labute approximate surface area is 158 Å². The summed E-state index contributed by atoms with van der Waals surface area (Å²) in [6.07, 6.45) is 2.06. The molecule has 1 heterocycles. The molecule has 1 unspecified atom stereocenters. The van der Waals surface area contributed by atoms with Gasteiger partial charge < -0.3 is 15.5 Å². The lowest BCUT2D eigenvalue weighted by molar-refractivity contribution is -0.197. The van der Waals surface area contributed by atoms with Gasteiger partial charge in [-0.3, -0.25) is 24.1 Å². The average molecular weight is 389 g/mol. The van der Waals surface area contributed by atoms with Crippen LogP contribution in [0.5, 0.6) is 0 Å². The first-order valence-corrected chi connectivity index (χ1v) is 8.97. The first-order valence-electron chi connectivity index (χ1n) is 8.97. The molecule has 1 atom stereocenters. The summed E-state index contributed by atoms with van der Waals surface area (Å²) < 4.78 is 0. The van der Waals surface area contributed by atoms with Gasteiger partial charge in [0.2, 0.25) is 11.8 Å². The van der Waals surface area contributed by atoms with Crippen LogP contribution in [0.3, 0.4) is 0 Å². The molecule has 0 spiro atoms. The zero-order chi connectivity index (χ0) is 20.4. The number of nitrogens with zero attached hydrogens (tertiary/aromatic N) is 2. The monoisotopic (exact) mass is 389 g/mol. The van der Waals surface area contributed by atoms with Crippen molar-refractivity contribution in [1.29, 1.82) is 0 Å². The molecule has 1 saturated heterocycles. The molecular formula is C17H28N4O6. The van der Waals surface area contributed by atoms with E-state index in [1.807, 2.05) is 0 Å². The van der Waals surface area contributed by atoms with Crippen LogP contribution in [0.2, 0.25) is 0 Å². The van der Waals surface area contributed by atoms with Crippen LogP contribution in [0.15, 0.2) is 0 Å². The van der Waals surface area contributed by atoms with Gasteiger partial charge in [0.1, 0.15) is 0 Å². The number of imide groups is 1. The number of hydroxylamine groups is 2. The molecule has 0 aromatic carbocycles. The Morgan fingerprint density at radius 1 is 1.07 bits per heavy atom. The Kier molecular flexibility index (Phi) is 9.41. The van der Waals surface area contributed by atoms with E-state index in [2.05, 4.69) is 10.6 Å². The fourth-order valence-electron chi connectivity index (χ4n) is 2.56. The summed E-state index contributed by atoms with van der Waals surface area (Å²) in [6, 6.07) is -0.361. The minimum Gasteiger partial charge on any atom is -0.356 e. The molecule has 0 aromatic rings. The van der Waals surface area contributed by atoms with Crippen molar-refractivity contribution in [3.05, 3.63) is 0 Å². The highest BCUT2D eigenvalue weighted by molar-refractivity contribution is 6.01. The van der Waals surface area contributed by atoms with Gasteiger partial charge in [-0.25, -0.2) is 4.79 Å². The number of carbonyl (C=O) groups is 5. The molecule has 0 bridgehead atoms. The lowest BCUT2D eigenvalue weighted by Crippen LogP contribution is -2.44. The number of hydrogen-bond acceptors (Lipinski definition) is 7. The highest BCUT2D eigenvalue weighted by Crippen LogP contribution is 2.12. The fraction of sp³-hybridized carbons (Fsp3) is 0.706. The number of nitrogens with one attached hydrogen (secondary N) is 2. The zero-order valence-corrected chi connectivity index (χ0v) is 16.1. The smallest absolute Gasteiger partial charge is 0.334 e. The van der Waals surface area contributed by atoms with Gasteiger partial charge in [-0.05, 0) is 33.4 Å². The minimum atomic E-state index is -0.754. The van der Waals surface area contributed by atoms with Crippen molar-refractivity contribution >= 4 is 29.6 Å². The zero-order valence-electron chi connectivity index (χ0n) is 16.1. The third-order valence-corrected chi connectivity index (χ3v) is 4.03. The molecule has 4 amide bonds. The van der Waals surface area contributed by atoms with E-state index in [-0.39, 0.29) is 43.7 Å². The van der Waals surface area contributed by atoms with Gasteiger partial charge in [0, 0.05) is 32.9 Å². The first-order chi connectivity index (χ1) is 12.7. The van der Waals surface area contributed by atoms with Gasteiger partial charge >= 0.3 is 5.97 Å². The van der Waals surface area contributed by atoms with Gasteiger partial charge in [-0.2, -0.15) is 0 Å². The first kappa shape index (κ1) is 22.6. The van der Waals surface area contributed by atoms with Gasteiger partial charge in [-0.1, -0.05) is 0 Å². The van der Waals surface area contributed by atoms with Crippen molar-refractivity contribution in [2.45, 2.75) is 51.5 Å². The van der Waals surface area contributed by atoms with Crippen LogP contribution in [0.4, 0.5) is 0 Å². The van der Waals surface area contributed by atoms with E-state index < -0.39 is 17.8 Å². The van der Waals surface area contributed by atoms with E-state index in [1.54, 1.807) is 19.0 Å². The maximum atomic E-state index is 12.3. The maximum absolute atomic E-state index is 12.3. The van der Waals surface area contributed by atoms with E-state index in [0.29, 0.717) is 18.0 Å². The predicted octanol–water partition coefficient (Wildman–Crippen LogP) is -0.663. The molecule has 0 radical (unpaired) electrons. The van der Waals surface area contributed by atoms with E-state index in [1.165, 1.54) is 6.92 Å². The predicted molar refractivity (Wildman–Crippen MR) is 94.8 cm³/mol. The van der Waals surface area contributed by atoms with Crippen molar-refractivity contribution in [3.8, 4) is 0 Å². The molecule has 1 fully saturated rings. The number of hydrogen-bond donors (Lipinski definition) is 2. The van der Waals surface area contributed by atoms with Crippen LogP contribution in [0, 0.1) is 0 Å². The highest BCUT2D eigenvalue weighted by atomic mass is 16.7. The lowest BCUT2D eigenvalue weighted by Gasteiger charge is -2.23. The van der Waals surface area contributed by atoms with Gasteiger partial charge in [0.05, 0.1) is 12.5 Å². The molecular weight excluding hydrogens is 361 g/mol. The molecule has 1 aliphatic heterocycles. The van der Waals surface area contributed by atoms with Gasteiger partial charge in [-0.15, -0.1) is 5.06 Å². The number of carbonyl (C=O) groups excluding carboxylic acids is 5. The van der Waals surface area contributed by atoms with Crippen molar-refractivity contribution in [1.82, 2.24) is 20.6 Å². The summed E-state index contributed by atoms with van der Waals surface area (Å²) in [5.74, 6) is -2.13. The molecule has 2 N–H and O–H groups in total. The van der Waals surface area contributed by atoms with Gasteiger partial charge in [0.15, 0.2) is 0 Å². The Balaban J connectivity index is 2.30. The van der Waals surface area contributed by atoms with Crippen LogP contribution >= 0.6 is 0 Å². The van der Waals surface area contributed by atoms with Crippen LogP contribution in [0.25, 0.3) is 0 Å². The SMILES string of the molecule is CC(=O)NCCCCC(C(=O)[15NH][13CH2]CC(=O)ON1C(=O)CCC1=O)[15N]([13CH3])[13CH3]. The Hall–Kier alpha value is -2.49. The van der Waals surface area contributed by atoms with Crippen molar-refractivity contribution in [2.24, 2.45) is 0 Å².